The van der Waals surface area contributed by atoms with E-state index >= 15 is 0 Å². The van der Waals surface area contributed by atoms with Crippen molar-refractivity contribution < 1.29 is 27.2 Å². The van der Waals surface area contributed by atoms with Gasteiger partial charge < -0.3 is 14.2 Å². The van der Waals surface area contributed by atoms with E-state index < -0.39 is 29.9 Å². The fourth-order valence-electron chi connectivity index (χ4n) is 2.81. The Balaban J connectivity index is 1.78. The van der Waals surface area contributed by atoms with Gasteiger partial charge in [-0.3, -0.25) is 4.79 Å². The van der Waals surface area contributed by atoms with Crippen LogP contribution in [-0.4, -0.2) is 53.4 Å². The lowest BCUT2D eigenvalue weighted by Crippen LogP contribution is -2.46. The van der Waals surface area contributed by atoms with Gasteiger partial charge in [0.1, 0.15) is 6.61 Å². The van der Waals surface area contributed by atoms with Crippen molar-refractivity contribution in [1.82, 2.24) is 15.0 Å². The van der Waals surface area contributed by atoms with E-state index in [-0.39, 0.29) is 32.1 Å². The van der Waals surface area contributed by atoms with Crippen LogP contribution in [0.2, 0.25) is 0 Å². The molecule has 1 aromatic heterocycles. The molecular weight excluding hydrogens is 327 g/mol. The maximum absolute atomic E-state index is 13.8. The molecule has 0 N–H and O–H groups in total. The number of halogens is 3. The van der Waals surface area contributed by atoms with E-state index in [1.165, 1.54) is 6.08 Å². The SMILES string of the molecule is C=CCOCC(=O)N1CCC(c2nc(C3CC3)no2)(C(F)(F)F)C1. The molecule has 1 unspecified atom stereocenters. The minimum atomic E-state index is -4.59. The van der Waals surface area contributed by atoms with E-state index in [4.69, 9.17) is 9.26 Å². The standard InChI is InChI=1S/C15H18F3N3O3/c1-2-7-23-8-11(22)21-6-5-14(9-21,15(16,17)18)13-19-12(20-24-13)10-3-4-10/h2,10H,1,3-9H2. The molecule has 1 atom stereocenters. The van der Waals surface area contributed by atoms with E-state index in [1.807, 2.05) is 0 Å². The second-order valence-corrected chi connectivity index (χ2v) is 6.18. The van der Waals surface area contributed by atoms with Crippen molar-refractivity contribution in [2.45, 2.75) is 36.8 Å². The van der Waals surface area contributed by atoms with Gasteiger partial charge in [-0.15, -0.1) is 6.58 Å². The van der Waals surface area contributed by atoms with Gasteiger partial charge in [-0.2, -0.15) is 18.2 Å². The van der Waals surface area contributed by atoms with Crippen LogP contribution in [0.15, 0.2) is 17.2 Å². The smallest absolute Gasteiger partial charge is 0.368 e. The lowest BCUT2D eigenvalue weighted by molar-refractivity contribution is -0.194. The van der Waals surface area contributed by atoms with Crippen LogP contribution in [-0.2, 0) is 14.9 Å². The summed E-state index contributed by atoms with van der Waals surface area (Å²) in [6, 6.07) is 0. The number of likely N-dealkylation sites (tertiary alicyclic amines) is 1. The molecule has 0 radical (unpaired) electrons. The van der Waals surface area contributed by atoms with Crippen LogP contribution in [0.3, 0.4) is 0 Å². The summed E-state index contributed by atoms with van der Waals surface area (Å²) in [5.74, 6) is -0.518. The molecule has 1 aromatic rings. The molecule has 1 aliphatic carbocycles. The zero-order valence-electron chi connectivity index (χ0n) is 13.0. The van der Waals surface area contributed by atoms with Gasteiger partial charge in [-0.1, -0.05) is 11.2 Å². The molecule has 6 nitrogen and oxygen atoms in total. The highest BCUT2D eigenvalue weighted by Crippen LogP contribution is 2.48. The van der Waals surface area contributed by atoms with Crippen LogP contribution >= 0.6 is 0 Å². The summed E-state index contributed by atoms with van der Waals surface area (Å²) in [5.41, 5.74) is -2.30. The third kappa shape index (κ3) is 3.04. The number of aromatic nitrogens is 2. The highest BCUT2D eigenvalue weighted by Gasteiger charge is 2.63. The fraction of sp³-hybridized carbons (Fsp3) is 0.667. The van der Waals surface area contributed by atoms with Gasteiger partial charge in [0.15, 0.2) is 11.2 Å². The Hall–Kier alpha value is -1.90. The van der Waals surface area contributed by atoms with Crippen LogP contribution in [0.25, 0.3) is 0 Å². The molecule has 3 rings (SSSR count). The molecule has 24 heavy (non-hydrogen) atoms. The molecule has 2 fully saturated rings. The van der Waals surface area contributed by atoms with Crippen molar-refractivity contribution in [3.05, 3.63) is 24.4 Å². The maximum Gasteiger partial charge on any atom is 0.405 e. The Labute approximate surface area is 136 Å². The molecule has 1 saturated carbocycles. The van der Waals surface area contributed by atoms with E-state index in [2.05, 4.69) is 16.7 Å². The van der Waals surface area contributed by atoms with Crippen molar-refractivity contribution in [1.29, 1.82) is 0 Å². The molecule has 0 aromatic carbocycles. The summed E-state index contributed by atoms with van der Waals surface area (Å²) < 4.78 is 51.2. The van der Waals surface area contributed by atoms with E-state index in [0.717, 1.165) is 17.7 Å². The summed E-state index contributed by atoms with van der Waals surface area (Å²) in [7, 11) is 0. The highest BCUT2D eigenvalue weighted by molar-refractivity contribution is 5.78. The Morgan fingerprint density at radius 3 is 2.88 bits per heavy atom. The summed E-state index contributed by atoms with van der Waals surface area (Å²) >= 11 is 0. The summed E-state index contributed by atoms with van der Waals surface area (Å²) in [6.07, 6.45) is -1.69. The predicted octanol–water partition coefficient (Wildman–Crippen LogP) is 2.18. The Morgan fingerprint density at radius 2 is 2.25 bits per heavy atom. The minimum Gasteiger partial charge on any atom is -0.368 e. The Bertz CT molecular complexity index is 627. The first kappa shape index (κ1) is 16.9. The van der Waals surface area contributed by atoms with Gasteiger partial charge >= 0.3 is 6.18 Å². The monoisotopic (exact) mass is 345 g/mol. The van der Waals surface area contributed by atoms with Gasteiger partial charge in [0, 0.05) is 19.0 Å². The minimum absolute atomic E-state index is 0.0308. The second-order valence-electron chi connectivity index (χ2n) is 6.18. The third-order valence-corrected chi connectivity index (χ3v) is 4.42. The number of nitrogens with zero attached hydrogens (tertiary/aromatic N) is 3. The molecule has 1 aliphatic heterocycles. The number of amides is 1. The van der Waals surface area contributed by atoms with Crippen LogP contribution in [0.1, 0.15) is 36.9 Å². The molecule has 1 amide bonds. The van der Waals surface area contributed by atoms with Crippen LogP contribution in [0.5, 0.6) is 0 Å². The van der Waals surface area contributed by atoms with Crippen LogP contribution < -0.4 is 0 Å². The average Bonchev–Trinajstić information content (AvgIpc) is 3.08. The number of ether oxygens (including phenoxy) is 1. The summed E-state index contributed by atoms with van der Waals surface area (Å²) in [6.45, 7) is 2.77. The number of hydrogen-bond acceptors (Lipinski definition) is 5. The number of carbonyl (C=O) groups excluding carboxylic acids is 1. The molecule has 2 heterocycles. The number of alkyl halides is 3. The van der Waals surface area contributed by atoms with Crippen molar-refractivity contribution in [2.75, 3.05) is 26.3 Å². The van der Waals surface area contributed by atoms with E-state index in [0.29, 0.717) is 5.82 Å². The quantitative estimate of drug-likeness (QED) is 0.584. The topological polar surface area (TPSA) is 68.5 Å². The zero-order valence-corrected chi connectivity index (χ0v) is 13.0. The summed E-state index contributed by atoms with van der Waals surface area (Å²) in [4.78, 5) is 17.1. The van der Waals surface area contributed by atoms with Crippen molar-refractivity contribution in [3.63, 3.8) is 0 Å². The number of hydrogen-bond donors (Lipinski definition) is 0. The second kappa shape index (κ2) is 6.19. The van der Waals surface area contributed by atoms with Crippen LogP contribution in [0.4, 0.5) is 13.2 Å². The first-order chi connectivity index (χ1) is 11.4. The lowest BCUT2D eigenvalue weighted by atomic mass is 9.86. The molecule has 0 bridgehead atoms. The zero-order chi connectivity index (χ0) is 17.4. The number of carbonyl (C=O) groups is 1. The molecule has 0 spiro atoms. The van der Waals surface area contributed by atoms with Crippen molar-refractivity contribution >= 4 is 5.91 Å². The van der Waals surface area contributed by atoms with Crippen molar-refractivity contribution in [2.24, 2.45) is 0 Å². The van der Waals surface area contributed by atoms with Gasteiger partial charge in [0.25, 0.3) is 0 Å². The molecule has 2 aliphatic rings. The number of rotatable bonds is 6. The third-order valence-electron chi connectivity index (χ3n) is 4.42. The maximum atomic E-state index is 13.8. The predicted molar refractivity (Wildman–Crippen MR) is 76.2 cm³/mol. The van der Waals surface area contributed by atoms with Crippen molar-refractivity contribution in [3.8, 4) is 0 Å². The van der Waals surface area contributed by atoms with Crippen LogP contribution in [0, 0.1) is 0 Å². The van der Waals surface area contributed by atoms with Gasteiger partial charge in [0.2, 0.25) is 11.8 Å². The first-order valence-corrected chi connectivity index (χ1v) is 7.74. The van der Waals surface area contributed by atoms with E-state index in [1.54, 1.807) is 0 Å². The van der Waals surface area contributed by atoms with E-state index in [9.17, 15) is 18.0 Å². The molecular formula is C15H18F3N3O3. The largest absolute Gasteiger partial charge is 0.405 e. The molecule has 132 valence electrons. The van der Waals surface area contributed by atoms with Gasteiger partial charge in [-0.05, 0) is 19.3 Å². The molecule has 1 saturated heterocycles. The summed E-state index contributed by atoms with van der Waals surface area (Å²) in [5, 5.41) is 3.69. The molecule has 9 heteroatoms. The lowest BCUT2D eigenvalue weighted by Gasteiger charge is -2.27. The first-order valence-electron chi connectivity index (χ1n) is 7.74. The fourth-order valence-corrected chi connectivity index (χ4v) is 2.81. The highest BCUT2D eigenvalue weighted by atomic mass is 19.4. The van der Waals surface area contributed by atoms with Gasteiger partial charge in [-0.25, -0.2) is 0 Å². The van der Waals surface area contributed by atoms with Gasteiger partial charge in [0.05, 0.1) is 6.61 Å². The normalized spacial score (nSPS) is 24.4. The average molecular weight is 345 g/mol. The Morgan fingerprint density at radius 1 is 1.50 bits per heavy atom. The Kier molecular flexibility index (Phi) is 4.37.